The molecular formula is C22H32N4. The Kier molecular flexibility index (Phi) is 6.51. The maximum Gasteiger partial charge on any atom is 0.191 e. The molecule has 2 aromatic rings. The van der Waals surface area contributed by atoms with E-state index in [9.17, 15) is 0 Å². The molecule has 0 spiro atoms. The van der Waals surface area contributed by atoms with Gasteiger partial charge in [0, 0.05) is 39.3 Å². The molecule has 0 amide bonds. The summed E-state index contributed by atoms with van der Waals surface area (Å²) in [6, 6.07) is 15.5. The number of aliphatic imine (C=N–C) groups is 1. The Morgan fingerprint density at radius 2 is 1.85 bits per heavy atom. The van der Waals surface area contributed by atoms with Gasteiger partial charge in [0.15, 0.2) is 5.96 Å². The molecule has 0 unspecified atom stereocenters. The monoisotopic (exact) mass is 352 g/mol. The topological polar surface area (TPSA) is 39.7 Å². The van der Waals surface area contributed by atoms with Gasteiger partial charge in [-0.3, -0.25) is 4.99 Å². The average Bonchev–Trinajstić information content (AvgIpc) is 2.66. The van der Waals surface area contributed by atoms with Gasteiger partial charge < -0.3 is 15.5 Å². The Morgan fingerprint density at radius 1 is 1.12 bits per heavy atom. The van der Waals surface area contributed by atoms with Gasteiger partial charge in [-0.25, -0.2) is 0 Å². The highest BCUT2D eigenvalue weighted by Gasteiger charge is 2.20. The second kappa shape index (κ2) is 9.04. The van der Waals surface area contributed by atoms with Crippen LogP contribution < -0.4 is 10.6 Å². The summed E-state index contributed by atoms with van der Waals surface area (Å²) in [5, 5.41) is 9.69. The van der Waals surface area contributed by atoms with E-state index in [1.807, 2.05) is 7.05 Å². The molecule has 0 aliphatic carbocycles. The summed E-state index contributed by atoms with van der Waals surface area (Å²) in [7, 11) is 1.85. The van der Waals surface area contributed by atoms with Crippen molar-refractivity contribution in [2.24, 2.45) is 10.9 Å². The van der Waals surface area contributed by atoms with Crippen LogP contribution in [0.3, 0.4) is 0 Å². The SMILES string of the molecule is CN=C(NCc1cccc2ccccc12)NC1CCN(CC(C)C)CC1. The predicted octanol–water partition coefficient (Wildman–Crippen LogP) is 3.63. The second-order valence-corrected chi connectivity index (χ2v) is 7.68. The van der Waals surface area contributed by atoms with Crippen LogP contribution in [0.1, 0.15) is 32.3 Å². The van der Waals surface area contributed by atoms with Crippen molar-refractivity contribution in [1.29, 1.82) is 0 Å². The van der Waals surface area contributed by atoms with Crippen molar-refractivity contribution < 1.29 is 0 Å². The Bertz CT molecular complexity index is 725. The van der Waals surface area contributed by atoms with Crippen LogP contribution in [-0.4, -0.2) is 43.6 Å². The quantitative estimate of drug-likeness (QED) is 0.638. The van der Waals surface area contributed by atoms with Gasteiger partial charge in [-0.15, -0.1) is 0 Å². The van der Waals surface area contributed by atoms with E-state index in [0.29, 0.717) is 6.04 Å². The van der Waals surface area contributed by atoms with Crippen molar-refractivity contribution >= 4 is 16.7 Å². The van der Waals surface area contributed by atoms with Gasteiger partial charge in [-0.2, -0.15) is 0 Å². The number of hydrogen-bond acceptors (Lipinski definition) is 2. The fraction of sp³-hybridized carbons (Fsp3) is 0.500. The molecule has 0 bridgehead atoms. The van der Waals surface area contributed by atoms with Crippen LogP contribution in [0.4, 0.5) is 0 Å². The fourth-order valence-electron chi connectivity index (χ4n) is 3.79. The molecule has 0 radical (unpaired) electrons. The Hall–Kier alpha value is -2.07. The largest absolute Gasteiger partial charge is 0.354 e. The van der Waals surface area contributed by atoms with Crippen molar-refractivity contribution in [2.45, 2.75) is 39.3 Å². The fourth-order valence-corrected chi connectivity index (χ4v) is 3.79. The maximum absolute atomic E-state index is 4.43. The van der Waals surface area contributed by atoms with Gasteiger partial charge in [0.1, 0.15) is 0 Å². The molecule has 26 heavy (non-hydrogen) atoms. The molecular weight excluding hydrogens is 320 g/mol. The molecule has 2 aromatic carbocycles. The zero-order valence-electron chi connectivity index (χ0n) is 16.3. The molecule has 1 saturated heterocycles. The van der Waals surface area contributed by atoms with E-state index in [-0.39, 0.29) is 0 Å². The van der Waals surface area contributed by atoms with E-state index in [2.05, 4.69) is 76.8 Å². The standard InChI is InChI=1S/C22H32N4/c1-17(2)16-26-13-11-20(12-14-26)25-22(23-3)24-15-19-9-6-8-18-7-4-5-10-21(18)19/h4-10,17,20H,11-16H2,1-3H3,(H2,23,24,25). The lowest BCUT2D eigenvalue weighted by Gasteiger charge is -2.34. The first-order valence-electron chi connectivity index (χ1n) is 9.82. The summed E-state index contributed by atoms with van der Waals surface area (Å²) in [5.74, 6) is 1.65. The molecule has 0 aromatic heterocycles. The average molecular weight is 353 g/mol. The maximum atomic E-state index is 4.43. The Labute approximate surface area is 157 Å². The van der Waals surface area contributed by atoms with Crippen LogP contribution in [0.5, 0.6) is 0 Å². The second-order valence-electron chi connectivity index (χ2n) is 7.68. The molecule has 0 saturated carbocycles. The molecule has 1 aliphatic heterocycles. The lowest BCUT2D eigenvalue weighted by Crippen LogP contribution is -2.49. The summed E-state index contributed by atoms with van der Waals surface area (Å²) < 4.78 is 0. The summed E-state index contributed by atoms with van der Waals surface area (Å²) in [6.07, 6.45) is 2.36. The van der Waals surface area contributed by atoms with Crippen molar-refractivity contribution in [3.63, 3.8) is 0 Å². The molecule has 3 rings (SSSR count). The normalized spacial score (nSPS) is 17.0. The van der Waals surface area contributed by atoms with Crippen LogP contribution in [0.2, 0.25) is 0 Å². The van der Waals surface area contributed by atoms with E-state index < -0.39 is 0 Å². The Morgan fingerprint density at radius 3 is 2.58 bits per heavy atom. The number of rotatable bonds is 5. The lowest BCUT2D eigenvalue weighted by molar-refractivity contribution is 0.187. The van der Waals surface area contributed by atoms with E-state index in [1.54, 1.807) is 0 Å². The number of nitrogens with zero attached hydrogens (tertiary/aromatic N) is 2. The van der Waals surface area contributed by atoms with Crippen molar-refractivity contribution in [2.75, 3.05) is 26.7 Å². The smallest absolute Gasteiger partial charge is 0.191 e. The zero-order valence-corrected chi connectivity index (χ0v) is 16.3. The summed E-state index contributed by atoms with van der Waals surface area (Å²) >= 11 is 0. The summed E-state index contributed by atoms with van der Waals surface area (Å²) in [4.78, 5) is 7.00. The minimum absolute atomic E-state index is 0.511. The summed E-state index contributed by atoms with van der Waals surface area (Å²) in [5.41, 5.74) is 1.30. The number of hydrogen-bond donors (Lipinski definition) is 2. The van der Waals surface area contributed by atoms with E-state index in [4.69, 9.17) is 0 Å². The van der Waals surface area contributed by atoms with Crippen LogP contribution in [0, 0.1) is 5.92 Å². The first kappa shape index (κ1) is 18.7. The van der Waals surface area contributed by atoms with Gasteiger partial charge in [0.25, 0.3) is 0 Å². The van der Waals surface area contributed by atoms with E-state index >= 15 is 0 Å². The van der Waals surface area contributed by atoms with Crippen LogP contribution in [-0.2, 0) is 6.54 Å². The van der Waals surface area contributed by atoms with E-state index in [0.717, 1.165) is 18.4 Å². The van der Waals surface area contributed by atoms with E-state index in [1.165, 1.54) is 48.8 Å². The van der Waals surface area contributed by atoms with Crippen LogP contribution in [0.25, 0.3) is 10.8 Å². The van der Waals surface area contributed by atoms with Gasteiger partial charge >= 0.3 is 0 Å². The van der Waals surface area contributed by atoms with Crippen LogP contribution >= 0.6 is 0 Å². The number of nitrogens with one attached hydrogen (secondary N) is 2. The molecule has 2 N–H and O–H groups in total. The van der Waals surface area contributed by atoms with Gasteiger partial charge in [0.2, 0.25) is 0 Å². The van der Waals surface area contributed by atoms with Gasteiger partial charge in [-0.1, -0.05) is 56.3 Å². The van der Waals surface area contributed by atoms with Crippen LogP contribution in [0.15, 0.2) is 47.5 Å². The lowest BCUT2D eigenvalue weighted by atomic mass is 10.0. The number of benzene rings is 2. The van der Waals surface area contributed by atoms with Crippen molar-refractivity contribution in [1.82, 2.24) is 15.5 Å². The Balaban J connectivity index is 1.53. The molecule has 140 valence electrons. The minimum atomic E-state index is 0.511. The summed E-state index contributed by atoms with van der Waals surface area (Å²) in [6.45, 7) is 8.94. The third-order valence-electron chi connectivity index (χ3n) is 5.10. The first-order valence-corrected chi connectivity index (χ1v) is 9.82. The number of fused-ring (bicyclic) bond motifs is 1. The third-order valence-corrected chi connectivity index (χ3v) is 5.10. The predicted molar refractivity (Wildman–Crippen MR) is 112 cm³/mol. The molecule has 4 nitrogen and oxygen atoms in total. The number of piperidine rings is 1. The zero-order chi connectivity index (χ0) is 18.4. The molecule has 4 heteroatoms. The minimum Gasteiger partial charge on any atom is -0.354 e. The van der Waals surface area contributed by atoms with Gasteiger partial charge in [-0.05, 0) is 35.1 Å². The highest BCUT2D eigenvalue weighted by Crippen LogP contribution is 2.18. The highest BCUT2D eigenvalue weighted by atomic mass is 15.2. The van der Waals surface area contributed by atoms with Crippen molar-refractivity contribution in [3.05, 3.63) is 48.0 Å². The van der Waals surface area contributed by atoms with Crippen molar-refractivity contribution in [3.8, 4) is 0 Å². The van der Waals surface area contributed by atoms with Gasteiger partial charge in [0.05, 0.1) is 0 Å². The first-order chi connectivity index (χ1) is 12.7. The molecule has 1 fully saturated rings. The number of guanidine groups is 1. The number of likely N-dealkylation sites (tertiary alicyclic amines) is 1. The molecule has 1 heterocycles. The highest BCUT2D eigenvalue weighted by molar-refractivity contribution is 5.86. The molecule has 0 atom stereocenters. The molecule has 1 aliphatic rings. The third kappa shape index (κ3) is 4.98.